The van der Waals surface area contributed by atoms with Gasteiger partial charge in [0.25, 0.3) is 11.8 Å². The third-order valence-electron chi connectivity index (χ3n) is 7.18. The molecule has 2 amide bonds. The van der Waals surface area contributed by atoms with Crippen molar-refractivity contribution in [3.8, 4) is 5.75 Å². The SMILES string of the molecule is O=C1C2C(C(=O)N1OCCCN1CCN(c3ccccc3OCCF)CC1)[C@H]1C=C[C@@H]2C1. The van der Waals surface area contributed by atoms with Crippen molar-refractivity contribution in [2.24, 2.45) is 23.7 Å². The number of piperazine rings is 1. The number of hydrogen-bond acceptors (Lipinski definition) is 6. The highest BCUT2D eigenvalue weighted by molar-refractivity contribution is 6.05. The molecule has 8 heteroatoms. The van der Waals surface area contributed by atoms with Crippen LogP contribution in [0.2, 0.25) is 0 Å². The number of halogens is 1. The summed E-state index contributed by atoms with van der Waals surface area (Å²) in [6, 6.07) is 7.76. The van der Waals surface area contributed by atoms with Crippen LogP contribution < -0.4 is 9.64 Å². The summed E-state index contributed by atoms with van der Waals surface area (Å²) in [5.74, 6) is 0.418. The van der Waals surface area contributed by atoms with E-state index in [-0.39, 0.29) is 42.1 Å². The van der Waals surface area contributed by atoms with Gasteiger partial charge in [-0.2, -0.15) is 5.06 Å². The van der Waals surface area contributed by atoms with E-state index in [1.807, 2.05) is 24.3 Å². The van der Waals surface area contributed by atoms with Crippen LogP contribution in [-0.4, -0.2) is 74.4 Å². The molecule has 2 unspecified atom stereocenters. The van der Waals surface area contributed by atoms with E-state index in [0.29, 0.717) is 6.61 Å². The molecule has 7 nitrogen and oxygen atoms in total. The van der Waals surface area contributed by atoms with Crippen LogP contribution >= 0.6 is 0 Å². The number of benzene rings is 1. The minimum absolute atomic E-state index is 0.0678. The maximum absolute atomic E-state index is 12.6. The fourth-order valence-electron chi connectivity index (χ4n) is 5.65. The van der Waals surface area contributed by atoms with Crippen LogP contribution in [0.5, 0.6) is 5.75 Å². The highest BCUT2D eigenvalue weighted by Crippen LogP contribution is 2.52. The van der Waals surface area contributed by atoms with Gasteiger partial charge < -0.3 is 9.64 Å². The second-order valence-corrected chi connectivity index (χ2v) is 8.99. The minimum Gasteiger partial charge on any atom is -0.489 e. The van der Waals surface area contributed by atoms with Crippen molar-refractivity contribution < 1.29 is 23.6 Å². The first-order valence-electron chi connectivity index (χ1n) is 11.6. The monoisotopic (exact) mass is 443 g/mol. The van der Waals surface area contributed by atoms with Crippen molar-refractivity contribution in [2.75, 3.05) is 57.5 Å². The zero-order valence-electron chi connectivity index (χ0n) is 18.2. The van der Waals surface area contributed by atoms with Crippen LogP contribution in [0.1, 0.15) is 12.8 Å². The molecular formula is C24H30FN3O4. The second-order valence-electron chi connectivity index (χ2n) is 8.99. The maximum Gasteiger partial charge on any atom is 0.258 e. The topological polar surface area (TPSA) is 62.3 Å². The van der Waals surface area contributed by atoms with Crippen LogP contribution in [0.15, 0.2) is 36.4 Å². The predicted octanol–water partition coefficient (Wildman–Crippen LogP) is 2.29. The zero-order valence-corrected chi connectivity index (χ0v) is 18.2. The number of anilines is 1. The summed E-state index contributed by atoms with van der Waals surface area (Å²) < 4.78 is 18.0. The molecule has 5 rings (SSSR count). The average Bonchev–Trinajstić information content (AvgIpc) is 3.50. The van der Waals surface area contributed by atoms with Gasteiger partial charge in [-0.25, -0.2) is 4.39 Å². The summed E-state index contributed by atoms with van der Waals surface area (Å²) in [5, 5.41) is 1.05. The lowest BCUT2D eigenvalue weighted by Crippen LogP contribution is -2.47. The largest absolute Gasteiger partial charge is 0.489 e. The highest BCUT2D eigenvalue weighted by Gasteiger charge is 2.60. The lowest BCUT2D eigenvalue weighted by atomic mass is 9.85. The number of amides is 2. The van der Waals surface area contributed by atoms with Gasteiger partial charge in [0.15, 0.2) is 0 Å². The molecule has 2 aliphatic carbocycles. The molecule has 3 fully saturated rings. The predicted molar refractivity (Wildman–Crippen MR) is 117 cm³/mol. The maximum atomic E-state index is 12.6. The Balaban J connectivity index is 1.05. The number of rotatable bonds is 9. The number of hydroxylamine groups is 2. The molecule has 0 N–H and O–H groups in total. The van der Waals surface area contributed by atoms with Crippen molar-refractivity contribution in [3.05, 3.63) is 36.4 Å². The second kappa shape index (κ2) is 9.19. The zero-order chi connectivity index (χ0) is 22.1. The van der Waals surface area contributed by atoms with Crippen LogP contribution in [0.3, 0.4) is 0 Å². The third-order valence-corrected chi connectivity index (χ3v) is 7.18. The number of allylic oxidation sites excluding steroid dienone is 2. The van der Waals surface area contributed by atoms with E-state index in [1.165, 1.54) is 0 Å². The highest BCUT2D eigenvalue weighted by atomic mass is 19.1. The Kier molecular flexibility index (Phi) is 6.15. The molecule has 4 atom stereocenters. The number of carbonyl (C=O) groups is 2. The van der Waals surface area contributed by atoms with Gasteiger partial charge in [0, 0.05) is 32.7 Å². The minimum atomic E-state index is -0.502. The summed E-state index contributed by atoms with van der Waals surface area (Å²) in [6.07, 6.45) is 5.87. The standard InChI is InChI=1S/C24H30FN3O4/c25-8-15-31-20-5-2-1-4-19(20)27-12-10-26(11-13-27)9-3-14-32-28-23(29)21-17-6-7-18(16-17)22(21)24(28)30/h1-2,4-7,17-18,21-22H,3,8-16H2/t17-,18+,21?,22?. The molecule has 0 radical (unpaired) electrons. The number of carbonyl (C=O) groups excluding carboxylic acids is 2. The molecule has 0 aromatic heterocycles. The Morgan fingerprint density at radius 1 is 0.938 bits per heavy atom. The Hall–Kier alpha value is -2.45. The quantitative estimate of drug-likeness (QED) is 0.332. The molecule has 0 spiro atoms. The van der Waals surface area contributed by atoms with E-state index in [1.54, 1.807) is 0 Å². The third kappa shape index (κ3) is 3.90. The molecule has 2 aliphatic heterocycles. The fraction of sp³-hybridized carbons (Fsp3) is 0.583. The lowest BCUT2D eigenvalue weighted by Gasteiger charge is -2.36. The van der Waals surface area contributed by atoms with Crippen LogP contribution in [0, 0.1) is 23.7 Å². The molecule has 32 heavy (non-hydrogen) atoms. The normalized spacial score (nSPS) is 29.3. The molecule has 2 bridgehead atoms. The molecule has 1 aromatic carbocycles. The van der Waals surface area contributed by atoms with E-state index in [2.05, 4.69) is 22.0 Å². The number of imide groups is 1. The van der Waals surface area contributed by atoms with Crippen molar-refractivity contribution >= 4 is 17.5 Å². The van der Waals surface area contributed by atoms with E-state index >= 15 is 0 Å². The molecule has 1 saturated carbocycles. The van der Waals surface area contributed by atoms with Gasteiger partial charge in [0.1, 0.15) is 19.0 Å². The van der Waals surface area contributed by atoms with Gasteiger partial charge in [-0.3, -0.25) is 19.3 Å². The number of hydrogen-bond donors (Lipinski definition) is 0. The number of alkyl halides is 1. The Morgan fingerprint density at radius 3 is 2.31 bits per heavy atom. The van der Waals surface area contributed by atoms with Gasteiger partial charge in [-0.05, 0) is 36.8 Å². The molecule has 1 aromatic rings. The number of nitrogens with zero attached hydrogens (tertiary/aromatic N) is 3. The summed E-state index contributed by atoms with van der Waals surface area (Å²) in [5.41, 5.74) is 1.00. The smallest absolute Gasteiger partial charge is 0.258 e. The van der Waals surface area contributed by atoms with Crippen LogP contribution in [0.4, 0.5) is 10.1 Å². The summed E-state index contributed by atoms with van der Waals surface area (Å²) in [4.78, 5) is 35.6. The van der Waals surface area contributed by atoms with Crippen molar-refractivity contribution in [3.63, 3.8) is 0 Å². The van der Waals surface area contributed by atoms with Crippen molar-refractivity contribution in [1.29, 1.82) is 0 Å². The molecule has 2 heterocycles. The van der Waals surface area contributed by atoms with Gasteiger partial charge in [-0.1, -0.05) is 24.3 Å². The lowest BCUT2D eigenvalue weighted by molar-refractivity contribution is -0.190. The van der Waals surface area contributed by atoms with Crippen molar-refractivity contribution in [2.45, 2.75) is 12.8 Å². The molecular weight excluding hydrogens is 413 g/mol. The Bertz CT molecular complexity index is 856. The van der Waals surface area contributed by atoms with Crippen LogP contribution in [-0.2, 0) is 14.4 Å². The van der Waals surface area contributed by atoms with Crippen LogP contribution in [0.25, 0.3) is 0 Å². The average molecular weight is 444 g/mol. The number of fused-ring (bicyclic) bond motifs is 5. The summed E-state index contributed by atoms with van der Waals surface area (Å²) in [6.45, 7) is 4.30. The fourth-order valence-corrected chi connectivity index (χ4v) is 5.65. The number of para-hydroxylation sites is 2. The Labute approximate surface area is 187 Å². The summed E-state index contributed by atoms with van der Waals surface area (Å²) >= 11 is 0. The van der Waals surface area contributed by atoms with Gasteiger partial charge in [0.2, 0.25) is 0 Å². The van der Waals surface area contributed by atoms with E-state index in [0.717, 1.165) is 62.1 Å². The van der Waals surface area contributed by atoms with Crippen molar-refractivity contribution in [1.82, 2.24) is 9.96 Å². The number of ether oxygens (including phenoxy) is 1. The summed E-state index contributed by atoms with van der Waals surface area (Å²) in [7, 11) is 0. The van der Waals surface area contributed by atoms with Gasteiger partial charge in [0.05, 0.1) is 24.1 Å². The van der Waals surface area contributed by atoms with E-state index < -0.39 is 6.67 Å². The molecule has 2 saturated heterocycles. The Morgan fingerprint density at radius 2 is 1.62 bits per heavy atom. The first-order chi connectivity index (χ1) is 15.7. The van der Waals surface area contributed by atoms with E-state index in [4.69, 9.17) is 9.57 Å². The molecule has 4 aliphatic rings. The first kappa shape index (κ1) is 21.4. The first-order valence-corrected chi connectivity index (χ1v) is 11.6. The van der Waals surface area contributed by atoms with E-state index in [9.17, 15) is 14.0 Å². The molecule has 172 valence electrons. The van der Waals surface area contributed by atoms with Gasteiger partial charge >= 0.3 is 0 Å². The van der Waals surface area contributed by atoms with Gasteiger partial charge in [-0.15, -0.1) is 0 Å².